The summed E-state index contributed by atoms with van der Waals surface area (Å²) in [6.07, 6.45) is 1.51. The molecule has 12 heteroatoms. The van der Waals surface area contributed by atoms with Crippen LogP contribution >= 0.6 is 23.5 Å². The molecule has 0 atom stereocenters. The van der Waals surface area contributed by atoms with E-state index in [-0.39, 0.29) is 33.5 Å². The average Bonchev–Trinajstić information content (AvgIpc) is 3.42. The number of hydrogen-bond acceptors (Lipinski definition) is 10. The number of aliphatic imine (C=N–C) groups is 1. The van der Waals surface area contributed by atoms with Crippen molar-refractivity contribution in [2.45, 2.75) is 57.3 Å². The fourth-order valence-electron chi connectivity index (χ4n) is 4.57. The first-order valence-electron chi connectivity index (χ1n) is 14.1. The monoisotopic (exact) mass is 625 g/mol. The summed E-state index contributed by atoms with van der Waals surface area (Å²) < 4.78 is 5.21. The number of carbonyl (C=O) groups is 2. The first-order valence-corrected chi connectivity index (χ1v) is 16.1. The number of nitrogens with zero attached hydrogens (tertiary/aromatic N) is 5. The molecule has 1 N–H and O–H groups in total. The minimum absolute atomic E-state index is 0.0429. The van der Waals surface area contributed by atoms with Crippen molar-refractivity contribution in [1.29, 1.82) is 0 Å². The molecule has 1 aliphatic heterocycles. The maximum Gasteiger partial charge on any atom is 0.324 e. The van der Waals surface area contributed by atoms with E-state index < -0.39 is 5.90 Å². The molecule has 2 aromatic carbocycles. The van der Waals surface area contributed by atoms with Gasteiger partial charge in [0.2, 0.25) is 16.3 Å². The summed E-state index contributed by atoms with van der Waals surface area (Å²) in [5, 5.41) is 28.9. The number of phenolic OH excluding ortho intramolecular Hbond substituents is 1. The van der Waals surface area contributed by atoms with Crippen molar-refractivity contribution >= 4 is 46.3 Å². The van der Waals surface area contributed by atoms with E-state index in [0.717, 1.165) is 27.8 Å². The van der Waals surface area contributed by atoms with Gasteiger partial charge in [0, 0.05) is 40.4 Å². The van der Waals surface area contributed by atoms with Gasteiger partial charge in [0.25, 0.3) is 6.20 Å². The Bertz CT molecular complexity index is 1430. The van der Waals surface area contributed by atoms with Gasteiger partial charge in [0.1, 0.15) is 5.75 Å². The summed E-state index contributed by atoms with van der Waals surface area (Å²) in [6.45, 7) is 14.5. The molecule has 0 spiro atoms. The number of phenols is 1. The Morgan fingerprint density at radius 2 is 1.60 bits per heavy atom. The SMILES string of the molecule is CC(C)(C)c1cc(SCC(=O)N2CCN([n+]3cc(N=C([O-])CSC(=O)c4ccccc4)on3)CC2)cc(C(C)(C)C)c1O. The van der Waals surface area contributed by atoms with Crippen molar-refractivity contribution in [3.05, 3.63) is 65.4 Å². The Labute approximate surface area is 261 Å². The van der Waals surface area contributed by atoms with Crippen LogP contribution in [0.3, 0.4) is 0 Å². The maximum absolute atomic E-state index is 13.1. The molecule has 0 radical (unpaired) electrons. The quantitative estimate of drug-likeness (QED) is 0.172. The summed E-state index contributed by atoms with van der Waals surface area (Å²) >= 11 is 2.38. The van der Waals surface area contributed by atoms with E-state index in [2.05, 4.69) is 51.8 Å². The van der Waals surface area contributed by atoms with E-state index in [9.17, 15) is 19.8 Å². The molecule has 3 aromatic rings. The summed E-state index contributed by atoms with van der Waals surface area (Å²) in [6, 6.07) is 12.7. The first-order chi connectivity index (χ1) is 20.2. The Kier molecular flexibility index (Phi) is 10.1. The van der Waals surface area contributed by atoms with E-state index in [1.807, 2.05) is 28.1 Å². The van der Waals surface area contributed by atoms with Gasteiger partial charge in [-0.3, -0.25) is 14.1 Å². The molecule has 0 aliphatic carbocycles. The molecule has 1 amide bonds. The van der Waals surface area contributed by atoms with Gasteiger partial charge in [-0.25, -0.2) is 4.99 Å². The van der Waals surface area contributed by atoms with Crippen molar-refractivity contribution in [1.82, 2.24) is 10.2 Å². The van der Waals surface area contributed by atoms with Gasteiger partial charge in [-0.2, -0.15) is 0 Å². The second kappa shape index (κ2) is 13.4. The highest BCUT2D eigenvalue weighted by Gasteiger charge is 2.29. The minimum atomic E-state index is -0.497. The molecule has 10 nitrogen and oxygen atoms in total. The number of piperazine rings is 1. The predicted octanol–water partition coefficient (Wildman–Crippen LogP) is 3.80. The zero-order chi connectivity index (χ0) is 31.4. The molecule has 2 heterocycles. The second-order valence-corrected chi connectivity index (χ2v) is 14.4. The van der Waals surface area contributed by atoms with Gasteiger partial charge in [-0.1, -0.05) is 83.6 Å². The van der Waals surface area contributed by atoms with E-state index in [0.29, 0.717) is 43.2 Å². The van der Waals surface area contributed by atoms with Crippen LogP contribution in [0.5, 0.6) is 5.75 Å². The Morgan fingerprint density at radius 1 is 1.00 bits per heavy atom. The summed E-state index contributed by atoms with van der Waals surface area (Å²) in [5.74, 6) is 0.113. The molecular formula is C31H39N5O5S2. The van der Waals surface area contributed by atoms with Crippen molar-refractivity contribution in [2.75, 3.05) is 42.7 Å². The van der Waals surface area contributed by atoms with Crippen LogP contribution in [0.15, 0.2) is 63.1 Å². The third-order valence-corrected chi connectivity index (χ3v) is 8.82. The number of aromatic nitrogens is 2. The van der Waals surface area contributed by atoms with Crippen LogP contribution in [0.1, 0.15) is 63.0 Å². The van der Waals surface area contributed by atoms with Crippen molar-refractivity contribution < 1.29 is 29.1 Å². The predicted molar refractivity (Wildman–Crippen MR) is 168 cm³/mol. The van der Waals surface area contributed by atoms with Crippen LogP contribution in [-0.4, -0.2) is 69.9 Å². The molecule has 1 fully saturated rings. The molecule has 0 saturated carbocycles. The lowest BCUT2D eigenvalue weighted by Crippen LogP contribution is -2.66. The third kappa shape index (κ3) is 8.54. The van der Waals surface area contributed by atoms with Crippen LogP contribution < -0.4 is 14.9 Å². The van der Waals surface area contributed by atoms with Gasteiger partial charge in [0.05, 0.1) is 23.6 Å². The van der Waals surface area contributed by atoms with Crippen molar-refractivity contribution in [2.24, 2.45) is 4.99 Å². The number of amides is 1. The highest BCUT2D eigenvalue weighted by Crippen LogP contribution is 2.41. The zero-order valence-electron chi connectivity index (χ0n) is 25.5. The normalized spacial score (nSPS) is 14.7. The van der Waals surface area contributed by atoms with Crippen molar-refractivity contribution in [3.63, 3.8) is 0 Å². The third-order valence-electron chi connectivity index (χ3n) is 6.98. The largest absolute Gasteiger partial charge is 0.861 e. The Morgan fingerprint density at radius 3 is 2.19 bits per heavy atom. The number of aromatic hydroxyl groups is 1. The molecular weight excluding hydrogens is 587 g/mol. The van der Waals surface area contributed by atoms with E-state index >= 15 is 0 Å². The lowest BCUT2D eigenvalue weighted by atomic mass is 9.79. The van der Waals surface area contributed by atoms with Crippen LogP contribution in [0.2, 0.25) is 0 Å². The van der Waals surface area contributed by atoms with Gasteiger partial charge in [-0.05, 0) is 28.9 Å². The Hall–Kier alpha value is -3.51. The van der Waals surface area contributed by atoms with Crippen LogP contribution in [0, 0.1) is 0 Å². The molecule has 43 heavy (non-hydrogen) atoms. The second-order valence-electron chi connectivity index (χ2n) is 12.4. The molecule has 0 unspecified atom stereocenters. The number of rotatable bonds is 8. The fourth-order valence-corrected chi connectivity index (χ4v) is 6.07. The lowest BCUT2D eigenvalue weighted by molar-refractivity contribution is -0.759. The Balaban J connectivity index is 1.29. The smallest absolute Gasteiger partial charge is 0.324 e. The number of thioether (sulfide) groups is 2. The van der Waals surface area contributed by atoms with Gasteiger partial charge in [0.15, 0.2) is 0 Å². The molecule has 0 bridgehead atoms. The summed E-state index contributed by atoms with van der Waals surface area (Å²) in [7, 11) is 0. The fraction of sp³-hybridized carbons (Fsp3) is 0.452. The maximum atomic E-state index is 13.1. The van der Waals surface area contributed by atoms with E-state index in [4.69, 9.17) is 4.52 Å². The average molecular weight is 626 g/mol. The van der Waals surface area contributed by atoms with Gasteiger partial charge >= 0.3 is 5.88 Å². The summed E-state index contributed by atoms with van der Waals surface area (Å²) in [4.78, 5) is 33.5. The summed E-state index contributed by atoms with van der Waals surface area (Å²) in [5.41, 5.74) is 1.81. The zero-order valence-corrected chi connectivity index (χ0v) is 27.1. The molecule has 1 aliphatic rings. The molecule has 1 aromatic heterocycles. The number of hydrogen-bond donors (Lipinski definition) is 1. The highest BCUT2D eigenvalue weighted by molar-refractivity contribution is 8.14. The van der Waals surface area contributed by atoms with Crippen LogP contribution in [-0.2, 0) is 15.6 Å². The minimum Gasteiger partial charge on any atom is -0.861 e. The van der Waals surface area contributed by atoms with Crippen LogP contribution in [0.4, 0.5) is 5.88 Å². The number of benzene rings is 2. The van der Waals surface area contributed by atoms with E-state index in [1.54, 1.807) is 24.3 Å². The molecule has 1 saturated heterocycles. The highest BCUT2D eigenvalue weighted by atomic mass is 32.2. The number of carbonyl (C=O) groups excluding carboxylic acids is 2. The molecule has 230 valence electrons. The van der Waals surface area contributed by atoms with E-state index in [1.165, 1.54) is 22.7 Å². The van der Waals surface area contributed by atoms with Gasteiger partial charge in [-0.15, -0.1) is 16.8 Å². The first kappa shape index (κ1) is 32.4. The lowest BCUT2D eigenvalue weighted by Gasteiger charge is -2.30. The molecule has 4 rings (SSSR count). The van der Waals surface area contributed by atoms with Gasteiger partial charge < -0.3 is 15.1 Å². The van der Waals surface area contributed by atoms with Crippen molar-refractivity contribution in [3.8, 4) is 5.75 Å². The van der Waals surface area contributed by atoms with Crippen LogP contribution in [0.25, 0.3) is 0 Å². The topological polar surface area (TPSA) is 126 Å². The standard InChI is InChI=1S/C31H39N5O5S2/c1-30(2,3)23-16-22(17-24(28(23)39)31(4,5)6)42-20-27(38)34-12-14-35(15-13-34)36-18-26(41-33-36)32-25(37)19-43-29(40)21-10-8-7-9-11-21/h7-11,16-18H,12-15,19-20H2,1-6H3,(H-,32,33,37,39).